The zero-order chi connectivity index (χ0) is 14.0. The quantitative estimate of drug-likeness (QED) is 0.642. The Hall–Kier alpha value is -1.69. The largest absolute Gasteiger partial charge is 0.292 e. The van der Waals surface area contributed by atoms with Crippen molar-refractivity contribution in [1.29, 1.82) is 0 Å². The van der Waals surface area contributed by atoms with Crippen molar-refractivity contribution in [1.82, 2.24) is 9.97 Å². The molecule has 0 aliphatic rings. The molecule has 19 heavy (non-hydrogen) atoms. The Balaban J connectivity index is 2.32. The number of rotatable bonds is 3. The summed E-state index contributed by atoms with van der Waals surface area (Å²) in [4.78, 5) is 19.7. The average Bonchev–Trinajstić information content (AvgIpc) is 2.39. The van der Waals surface area contributed by atoms with E-state index in [4.69, 9.17) is 0 Å². The maximum absolute atomic E-state index is 13.7. The van der Waals surface area contributed by atoms with Gasteiger partial charge in [-0.05, 0) is 41.1 Å². The fraction of sp³-hybridized carbons (Fsp3) is 0.154. The molecular formula is C13H9BrF2N2O. The van der Waals surface area contributed by atoms with Crippen molar-refractivity contribution < 1.29 is 13.6 Å². The SMILES string of the molecule is Cc1nccc(C(=O)Cc2c(F)ccc(Br)c2F)n1. The second-order valence-electron chi connectivity index (χ2n) is 3.91. The van der Waals surface area contributed by atoms with E-state index in [0.29, 0.717) is 5.82 Å². The highest BCUT2D eigenvalue weighted by molar-refractivity contribution is 9.10. The number of halogens is 3. The highest BCUT2D eigenvalue weighted by Crippen LogP contribution is 2.22. The third-order valence-corrected chi connectivity index (χ3v) is 3.15. The molecule has 0 saturated heterocycles. The predicted molar refractivity (Wildman–Crippen MR) is 68.9 cm³/mol. The van der Waals surface area contributed by atoms with Gasteiger partial charge in [-0.1, -0.05) is 0 Å². The van der Waals surface area contributed by atoms with Crippen LogP contribution >= 0.6 is 15.9 Å². The van der Waals surface area contributed by atoms with E-state index in [9.17, 15) is 13.6 Å². The molecule has 0 amide bonds. The third kappa shape index (κ3) is 3.01. The molecule has 98 valence electrons. The number of hydrogen-bond acceptors (Lipinski definition) is 3. The molecule has 0 fully saturated rings. The molecule has 0 N–H and O–H groups in total. The molecule has 1 aromatic carbocycles. The Morgan fingerprint density at radius 1 is 1.32 bits per heavy atom. The fourth-order valence-corrected chi connectivity index (χ4v) is 1.97. The lowest BCUT2D eigenvalue weighted by atomic mass is 10.1. The summed E-state index contributed by atoms with van der Waals surface area (Å²) in [6, 6.07) is 3.79. The molecular weight excluding hydrogens is 318 g/mol. The predicted octanol–water partition coefficient (Wildman–Crippen LogP) is 3.25. The standard InChI is InChI=1S/C13H9BrF2N2O/c1-7-17-5-4-11(18-7)12(19)6-8-10(15)3-2-9(14)13(8)16/h2-5H,6H2,1H3. The van der Waals surface area contributed by atoms with E-state index in [-0.39, 0.29) is 22.2 Å². The molecule has 1 aromatic heterocycles. The number of aryl methyl sites for hydroxylation is 1. The molecule has 0 radical (unpaired) electrons. The molecule has 0 atom stereocenters. The van der Waals surface area contributed by atoms with Crippen LogP contribution in [0, 0.1) is 18.6 Å². The van der Waals surface area contributed by atoms with Crippen LogP contribution in [-0.4, -0.2) is 15.8 Å². The summed E-state index contributed by atoms with van der Waals surface area (Å²) in [5.41, 5.74) is -0.123. The van der Waals surface area contributed by atoms with Gasteiger partial charge in [-0.2, -0.15) is 0 Å². The lowest BCUT2D eigenvalue weighted by Gasteiger charge is -2.06. The van der Waals surface area contributed by atoms with Gasteiger partial charge < -0.3 is 0 Å². The third-order valence-electron chi connectivity index (χ3n) is 2.54. The lowest BCUT2D eigenvalue weighted by molar-refractivity contribution is 0.0985. The van der Waals surface area contributed by atoms with Gasteiger partial charge in [-0.25, -0.2) is 18.7 Å². The van der Waals surface area contributed by atoms with E-state index in [1.807, 2.05) is 0 Å². The van der Waals surface area contributed by atoms with Crippen LogP contribution in [0.4, 0.5) is 8.78 Å². The van der Waals surface area contributed by atoms with Gasteiger partial charge in [-0.3, -0.25) is 4.79 Å². The molecule has 2 rings (SSSR count). The highest BCUT2D eigenvalue weighted by atomic mass is 79.9. The summed E-state index contributed by atoms with van der Waals surface area (Å²) in [7, 11) is 0. The van der Waals surface area contributed by atoms with Crippen molar-refractivity contribution in [3.63, 3.8) is 0 Å². The summed E-state index contributed by atoms with van der Waals surface area (Å²) < 4.78 is 27.4. The minimum Gasteiger partial charge on any atom is -0.292 e. The van der Waals surface area contributed by atoms with Crippen molar-refractivity contribution in [2.24, 2.45) is 0 Å². The maximum atomic E-state index is 13.7. The van der Waals surface area contributed by atoms with Crippen LogP contribution < -0.4 is 0 Å². The second kappa shape index (κ2) is 5.52. The number of nitrogens with zero attached hydrogens (tertiary/aromatic N) is 2. The van der Waals surface area contributed by atoms with Crippen molar-refractivity contribution in [2.75, 3.05) is 0 Å². The minimum atomic E-state index is -0.765. The van der Waals surface area contributed by atoms with Crippen LogP contribution in [0.5, 0.6) is 0 Å². The van der Waals surface area contributed by atoms with Gasteiger partial charge in [0, 0.05) is 18.2 Å². The van der Waals surface area contributed by atoms with Crippen molar-refractivity contribution in [3.8, 4) is 0 Å². The number of carbonyl (C=O) groups excluding carboxylic acids is 1. The number of benzene rings is 1. The van der Waals surface area contributed by atoms with Gasteiger partial charge in [0.1, 0.15) is 23.2 Å². The van der Waals surface area contributed by atoms with Crippen LogP contribution in [0.25, 0.3) is 0 Å². The lowest BCUT2D eigenvalue weighted by Crippen LogP contribution is -2.10. The maximum Gasteiger partial charge on any atom is 0.185 e. The molecule has 6 heteroatoms. The fourth-order valence-electron chi connectivity index (χ4n) is 1.59. The molecule has 1 heterocycles. The average molecular weight is 327 g/mol. The van der Waals surface area contributed by atoms with Gasteiger partial charge in [0.25, 0.3) is 0 Å². The summed E-state index contributed by atoms with van der Waals surface area (Å²) >= 11 is 2.96. The molecule has 0 spiro atoms. The first-order valence-electron chi connectivity index (χ1n) is 5.44. The van der Waals surface area contributed by atoms with Crippen LogP contribution in [0.15, 0.2) is 28.9 Å². The van der Waals surface area contributed by atoms with Crippen LogP contribution in [0.1, 0.15) is 21.9 Å². The zero-order valence-corrected chi connectivity index (χ0v) is 11.5. The van der Waals surface area contributed by atoms with Crippen LogP contribution in [0.2, 0.25) is 0 Å². The smallest absolute Gasteiger partial charge is 0.185 e. The molecule has 0 unspecified atom stereocenters. The first-order valence-corrected chi connectivity index (χ1v) is 6.23. The van der Waals surface area contributed by atoms with Crippen molar-refractivity contribution >= 4 is 21.7 Å². The van der Waals surface area contributed by atoms with Crippen molar-refractivity contribution in [3.05, 3.63) is 57.6 Å². The van der Waals surface area contributed by atoms with Gasteiger partial charge in [0.2, 0.25) is 0 Å². The normalized spacial score (nSPS) is 10.5. The van der Waals surface area contributed by atoms with Crippen LogP contribution in [-0.2, 0) is 6.42 Å². The molecule has 0 aliphatic heterocycles. The number of aromatic nitrogens is 2. The number of ketones is 1. The van der Waals surface area contributed by atoms with Gasteiger partial charge in [0.15, 0.2) is 5.78 Å². The minimum absolute atomic E-state index is 0.121. The monoisotopic (exact) mass is 326 g/mol. The zero-order valence-electron chi connectivity index (χ0n) is 9.95. The Kier molecular flexibility index (Phi) is 3.99. The first kappa shape index (κ1) is 13.7. The Morgan fingerprint density at radius 3 is 2.74 bits per heavy atom. The van der Waals surface area contributed by atoms with E-state index in [1.54, 1.807) is 6.92 Å². The van der Waals surface area contributed by atoms with Gasteiger partial charge in [-0.15, -0.1) is 0 Å². The summed E-state index contributed by atoms with van der Waals surface area (Å²) in [5, 5.41) is 0. The topological polar surface area (TPSA) is 42.9 Å². The van der Waals surface area contributed by atoms with E-state index >= 15 is 0 Å². The molecule has 3 nitrogen and oxygen atoms in total. The van der Waals surface area contributed by atoms with E-state index in [1.165, 1.54) is 18.3 Å². The number of hydrogen-bond donors (Lipinski definition) is 0. The first-order chi connectivity index (χ1) is 8.99. The summed E-state index contributed by atoms with van der Waals surface area (Å²) in [6.45, 7) is 1.64. The Bertz CT molecular complexity index is 647. The van der Waals surface area contributed by atoms with E-state index in [0.717, 1.165) is 6.07 Å². The molecule has 0 bridgehead atoms. The molecule has 2 aromatic rings. The van der Waals surface area contributed by atoms with Crippen molar-refractivity contribution in [2.45, 2.75) is 13.3 Å². The second-order valence-corrected chi connectivity index (χ2v) is 4.77. The Labute approximate surface area is 116 Å². The number of Topliss-reactive ketones (excluding diaryl/α,β-unsaturated/α-hetero) is 1. The van der Waals surface area contributed by atoms with Crippen LogP contribution in [0.3, 0.4) is 0 Å². The van der Waals surface area contributed by atoms with Gasteiger partial charge in [0.05, 0.1) is 4.47 Å². The Morgan fingerprint density at radius 2 is 2.05 bits per heavy atom. The molecule has 0 saturated carbocycles. The van der Waals surface area contributed by atoms with Gasteiger partial charge >= 0.3 is 0 Å². The summed E-state index contributed by atoms with van der Waals surface area (Å²) in [6.07, 6.45) is 1.05. The highest BCUT2D eigenvalue weighted by Gasteiger charge is 2.17. The molecule has 0 aliphatic carbocycles. The van der Waals surface area contributed by atoms with E-state index < -0.39 is 17.4 Å². The summed E-state index contributed by atoms with van der Waals surface area (Å²) in [5.74, 6) is -1.54. The van der Waals surface area contributed by atoms with E-state index in [2.05, 4.69) is 25.9 Å². The number of carbonyl (C=O) groups is 1.